The molecule has 112 valence electrons. The number of ether oxygens (including phenoxy) is 1. The first-order valence-corrected chi connectivity index (χ1v) is 6.99. The van der Waals surface area contributed by atoms with Gasteiger partial charge in [0.05, 0.1) is 19.3 Å². The van der Waals surface area contributed by atoms with Crippen LogP contribution in [0.25, 0.3) is 11.3 Å². The Bertz CT molecular complexity index is 781. The third kappa shape index (κ3) is 2.48. The van der Waals surface area contributed by atoms with Crippen molar-refractivity contribution in [2.45, 2.75) is 6.54 Å². The van der Waals surface area contributed by atoms with Gasteiger partial charge in [0.25, 0.3) is 0 Å². The van der Waals surface area contributed by atoms with Crippen LogP contribution in [0.1, 0.15) is 5.56 Å². The second-order valence-electron chi connectivity index (χ2n) is 4.99. The standard InChI is InChI=1S/C17H18N4O/c1-22-14-10-6-5-9-13(14)16-15(18)17(19)20-21(16)11-12-7-3-2-4-8-12/h2-10H,11,18H2,1H3,(H2,19,20). The van der Waals surface area contributed by atoms with E-state index in [0.29, 0.717) is 18.1 Å². The Balaban J connectivity index is 2.11. The molecule has 0 aliphatic rings. The van der Waals surface area contributed by atoms with E-state index in [1.165, 1.54) is 0 Å². The van der Waals surface area contributed by atoms with Gasteiger partial charge in [-0.3, -0.25) is 4.68 Å². The molecule has 0 spiro atoms. The molecule has 0 aliphatic carbocycles. The van der Waals surface area contributed by atoms with Gasteiger partial charge in [-0.1, -0.05) is 42.5 Å². The number of benzene rings is 2. The minimum absolute atomic E-state index is 0.330. The number of nitrogen functional groups attached to an aromatic ring is 2. The van der Waals surface area contributed by atoms with Crippen molar-refractivity contribution in [1.82, 2.24) is 9.78 Å². The van der Waals surface area contributed by atoms with Crippen LogP contribution < -0.4 is 16.2 Å². The van der Waals surface area contributed by atoms with Crippen molar-refractivity contribution in [2.75, 3.05) is 18.6 Å². The molecule has 0 bridgehead atoms. The molecule has 0 aliphatic heterocycles. The van der Waals surface area contributed by atoms with E-state index in [0.717, 1.165) is 22.6 Å². The lowest BCUT2D eigenvalue weighted by molar-refractivity contribution is 0.416. The Morgan fingerprint density at radius 2 is 1.68 bits per heavy atom. The molecule has 3 aromatic rings. The summed E-state index contributed by atoms with van der Waals surface area (Å²) in [5, 5.41) is 4.37. The van der Waals surface area contributed by atoms with Crippen LogP contribution in [-0.2, 0) is 6.54 Å². The molecule has 0 unspecified atom stereocenters. The summed E-state index contributed by atoms with van der Waals surface area (Å²) in [4.78, 5) is 0. The lowest BCUT2D eigenvalue weighted by Crippen LogP contribution is -2.05. The van der Waals surface area contributed by atoms with Crippen LogP contribution in [0.4, 0.5) is 11.5 Å². The van der Waals surface area contributed by atoms with Gasteiger partial charge in [0.1, 0.15) is 11.4 Å². The van der Waals surface area contributed by atoms with E-state index >= 15 is 0 Å². The van der Waals surface area contributed by atoms with Gasteiger partial charge in [-0.2, -0.15) is 5.10 Å². The highest BCUT2D eigenvalue weighted by molar-refractivity contribution is 5.83. The molecule has 0 amide bonds. The third-order valence-corrected chi connectivity index (χ3v) is 3.55. The minimum atomic E-state index is 0.330. The van der Waals surface area contributed by atoms with Crippen LogP contribution in [0.5, 0.6) is 5.75 Å². The number of hydrogen-bond donors (Lipinski definition) is 2. The predicted molar refractivity (Wildman–Crippen MR) is 88.6 cm³/mol. The van der Waals surface area contributed by atoms with E-state index in [2.05, 4.69) is 5.10 Å². The zero-order valence-corrected chi connectivity index (χ0v) is 12.4. The number of rotatable bonds is 4. The van der Waals surface area contributed by atoms with Gasteiger partial charge in [0, 0.05) is 5.56 Å². The number of hydrogen-bond acceptors (Lipinski definition) is 4. The lowest BCUT2D eigenvalue weighted by atomic mass is 10.1. The predicted octanol–water partition coefficient (Wildman–Crippen LogP) is 2.77. The number of aromatic nitrogens is 2. The highest BCUT2D eigenvalue weighted by Crippen LogP contribution is 2.36. The third-order valence-electron chi connectivity index (χ3n) is 3.55. The van der Waals surface area contributed by atoms with E-state index in [-0.39, 0.29) is 0 Å². The van der Waals surface area contributed by atoms with Crippen molar-refractivity contribution in [1.29, 1.82) is 0 Å². The Morgan fingerprint density at radius 1 is 1.00 bits per heavy atom. The lowest BCUT2D eigenvalue weighted by Gasteiger charge is -2.12. The summed E-state index contributed by atoms with van der Waals surface area (Å²) in [5.41, 5.74) is 15.3. The van der Waals surface area contributed by atoms with Crippen LogP contribution in [0.15, 0.2) is 54.6 Å². The summed E-state index contributed by atoms with van der Waals surface area (Å²) in [6.07, 6.45) is 0. The van der Waals surface area contributed by atoms with E-state index < -0.39 is 0 Å². The topological polar surface area (TPSA) is 79.1 Å². The average molecular weight is 294 g/mol. The number of para-hydroxylation sites is 1. The zero-order chi connectivity index (χ0) is 15.5. The van der Waals surface area contributed by atoms with Gasteiger partial charge < -0.3 is 16.2 Å². The summed E-state index contributed by atoms with van der Waals surface area (Å²) >= 11 is 0. The van der Waals surface area contributed by atoms with E-state index in [1.807, 2.05) is 59.3 Å². The number of anilines is 2. The Labute approximate surface area is 129 Å². The Morgan fingerprint density at radius 3 is 2.41 bits per heavy atom. The second kappa shape index (κ2) is 5.81. The molecule has 0 radical (unpaired) electrons. The number of nitrogens with two attached hydrogens (primary N) is 2. The van der Waals surface area contributed by atoms with Gasteiger partial charge in [0.2, 0.25) is 0 Å². The molecular formula is C17H18N4O. The fraction of sp³-hybridized carbons (Fsp3) is 0.118. The summed E-state index contributed by atoms with van der Waals surface area (Å²) in [6.45, 7) is 0.593. The molecule has 22 heavy (non-hydrogen) atoms. The van der Waals surface area contributed by atoms with Crippen molar-refractivity contribution >= 4 is 11.5 Å². The molecule has 0 saturated heterocycles. The van der Waals surface area contributed by atoms with Gasteiger partial charge in [0.15, 0.2) is 5.82 Å². The van der Waals surface area contributed by atoms with Gasteiger partial charge in [-0.05, 0) is 17.7 Å². The van der Waals surface area contributed by atoms with Crippen LogP contribution in [0.2, 0.25) is 0 Å². The van der Waals surface area contributed by atoms with Crippen LogP contribution in [0, 0.1) is 0 Å². The maximum absolute atomic E-state index is 6.15. The summed E-state index contributed by atoms with van der Waals surface area (Å²) in [7, 11) is 1.64. The summed E-state index contributed by atoms with van der Waals surface area (Å²) in [5.74, 6) is 1.07. The fourth-order valence-electron chi connectivity index (χ4n) is 2.49. The van der Waals surface area contributed by atoms with Gasteiger partial charge in [-0.15, -0.1) is 0 Å². The SMILES string of the molecule is COc1ccccc1-c1c(N)c(N)nn1Cc1ccccc1. The van der Waals surface area contributed by atoms with Crippen LogP contribution in [0.3, 0.4) is 0 Å². The normalized spacial score (nSPS) is 10.6. The van der Waals surface area contributed by atoms with Gasteiger partial charge in [-0.25, -0.2) is 0 Å². The highest BCUT2D eigenvalue weighted by atomic mass is 16.5. The van der Waals surface area contributed by atoms with Crippen molar-refractivity contribution in [3.8, 4) is 17.0 Å². The monoisotopic (exact) mass is 294 g/mol. The molecular weight excluding hydrogens is 276 g/mol. The first kappa shape index (κ1) is 14.0. The number of methoxy groups -OCH3 is 1. The van der Waals surface area contributed by atoms with Crippen molar-refractivity contribution in [2.24, 2.45) is 0 Å². The molecule has 3 rings (SSSR count). The molecule has 2 aromatic carbocycles. The quantitative estimate of drug-likeness (QED) is 0.775. The molecule has 0 atom stereocenters. The van der Waals surface area contributed by atoms with E-state index in [4.69, 9.17) is 16.2 Å². The minimum Gasteiger partial charge on any atom is -0.496 e. The molecule has 5 heteroatoms. The molecule has 0 fully saturated rings. The average Bonchev–Trinajstić information content (AvgIpc) is 2.82. The largest absolute Gasteiger partial charge is 0.496 e. The maximum Gasteiger partial charge on any atom is 0.169 e. The van der Waals surface area contributed by atoms with Crippen molar-refractivity contribution in [3.63, 3.8) is 0 Å². The summed E-state index contributed by atoms with van der Waals surface area (Å²) in [6, 6.07) is 17.8. The smallest absolute Gasteiger partial charge is 0.169 e. The zero-order valence-electron chi connectivity index (χ0n) is 12.4. The maximum atomic E-state index is 6.15. The van der Waals surface area contributed by atoms with Crippen LogP contribution >= 0.6 is 0 Å². The van der Waals surface area contributed by atoms with Crippen molar-refractivity contribution < 1.29 is 4.74 Å². The summed E-state index contributed by atoms with van der Waals surface area (Å²) < 4.78 is 7.25. The number of nitrogens with zero attached hydrogens (tertiary/aromatic N) is 2. The molecule has 1 aromatic heterocycles. The van der Waals surface area contributed by atoms with Crippen LogP contribution in [-0.4, -0.2) is 16.9 Å². The van der Waals surface area contributed by atoms with Crippen molar-refractivity contribution in [3.05, 3.63) is 60.2 Å². The van der Waals surface area contributed by atoms with E-state index in [9.17, 15) is 0 Å². The van der Waals surface area contributed by atoms with Gasteiger partial charge >= 0.3 is 0 Å². The first-order chi connectivity index (χ1) is 10.7. The molecule has 0 saturated carbocycles. The Hall–Kier alpha value is -2.95. The molecule has 4 N–H and O–H groups in total. The Kier molecular flexibility index (Phi) is 3.70. The van der Waals surface area contributed by atoms with E-state index in [1.54, 1.807) is 7.11 Å². The first-order valence-electron chi connectivity index (χ1n) is 6.99. The molecule has 1 heterocycles. The fourth-order valence-corrected chi connectivity index (χ4v) is 2.49. The second-order valence-corrected chi connectivity index (χ2v) is 4.99. The highest BCUT2D eigenvalue weighted by Gasteiger charge is 2.18. The molecule has 5 nitrogen and oxygen atoms in total.